The van der Waals surface area contributed by atoms with Gasteiger partial charge in [-0.1, -0.05) is 11.6 Å². The number of nitro groups is 1. The lowest BCUT2D eigenvalue weighted by atomic mass is 10.1. The first kappa shape index (κ1) is 18.1. The van der Waals surface area contributed by atoms with Crippen molar-refractivity contribution in [2.45, 2.75) is 25.9 Å². The molecule has 136 valence electrons. The van der Waals surface area contributed by atoms with Gasteiger partial charge in [0.15, 0.2) is 0 Å². The molecule has 26 heavy (non-hydrogen) atoms. The number of amides is 1. The number of carbonyl (C=O) groups excluding carboxylic acids is 1. The maximum Gasteiger partial charge on any atom is 0.288 e. The summed E-state index contributed by atoms with van der Waals surface area (Å²) >= 11 is 5.81. The van der Waals surface area contributed by atoms with E-state index in [9.17, 15) is 14.9 Å². The van der Waals surface area contributed by atoms with Gasteiger partial charge in [-0.25, -0.2) is 4.98 Å². The number of nitrogens with zero attached hydrogens (tertiary/aromatic N) is 4. The average Bonchev–Trinajstić information content (AvgIpc) is 2.61. The van der Waals surface area contributed by atoms with E-state index in [1.807, 2.05) is 0 Å². The SMILES string of the molecule is Cc1nccc(OC2CCCN(C(=O)c3ccc(Cl)c([N+](=O)[O-])c3)C2)n1. The van der Waals surface area contributed by atoms with Crippen molar-refractivity contribution in [3.8, 4) is 5.88 Å². The molecule has 2 aromatic rings. The summed E-state index contributed by atoms with van der Waals surface area (Å²) in [6, 6.07) is 5.75. The largest absolute Gasteiger partial charge is 0.472 e. The summed E-state index contributed by atoms with van der Waals surface area (Å²) in [5.74, 6) is 0.801. The topological polar surface area (TPSA) is 98.5 Å². The molecule has 3 rings (SSSR count). The van der Waals surface area contributed by atoms with Crippen LogP contribution < -0.4 is 4.74 Å². The van der Waals surface area contributed by atoms with E-state index in [0.29, 0.717) is 24.8 Å². The second-order valence-electron chi connectivity index (χ2n) is 6.00. The van der Waals surface area contributed by atoms with Crippen molar-refractivity contribution < 1.29 is 14.5 Å². The minimum absolute atomic E-state index is 0.00513. The molecule has 1 atom stereocenters. The monoisotopic (exact) mass is 376 g/mol. The summed E-state index contributed by atoms with van der Waals surface area (Å²) in [5, 5.41) is 11.0. The summed E-state index contributed by atoms with van der Waals surface area (Å²) in [5.41, 5.74) is -0.0431. The van der Waals surface area contributed by atoms with Crippen LogP contribution in [0.4, 0.5) is 5.69 Å². The van der Waals surface area contributed by atoms with E-state index < -0.39 is 4.92 Å². The van der Waals surface area contributed by atoms with Gasteiger partial charge in [-0.15, -0.1) is 0 Å². The first-order chi connectivity index (χ1) is 12.4. The summed E-state index contributed by atoms with van der Waals surface area (Å²) in [4.78, 5) is 33.0. The Morgan fingerprint density at radius 2 is 2.23 bits per heavy atom. The van der Waals surface area contributed by atoms with E-state index in [4.69, 9.17) is 16.3 Å². The van der Waals surface area contributed by atoms with Gasteiger partial charge in [0.2, 0.25) is 5.88 Å². The Hall–Kier alpha value is -2.74. The minimum atomic E-state index is -0.599. The van der Waals surface area contributed by atoms with E-state index >= 15 is 0 Å². The third-order valence-electron chi connectivity index (χ3n) is 4.09. The molecule has 1 fully saturated rings. The van der Waals surface area contributed by atoms with Gasteiger partial charge in [-0.05, 0) is 31.9 Å². The minimum Gasteiger partial charge on any atom is -0.472 e. The number of nitro benzene ring substituents is 1. The highest BCUT2D eigenvalue weighted by molar-refractivity contribution is 6.32. The van der Waals surface area contributed by atoms with Crippen molar-refractivity contribution in [2.75, 3.05) is 13.1 Å². The van der Waals surface area contributed by atoms with Gasteiger partial charge < -0.3 is 9.64 Å². The van der Waals surface area contributed by atoms with Crippen molar-refractivity contribution in [1.82, 2.24) is 14.9 Å². The number of hydrogen-bond acceptors (Lipinski definition) is 6. The number of hydrogen-bond donors (Lipinski definition) is 0. The van der Waals surface area contributed by atoms with Gasteiger partial charge in [0, 0.05) is 30.4 Å². The van der Waals surface area contributed by atoms with Crippen molar-refractivity contribution in [3.05, 3.63) is 57.0 Å². The fourth-order valence-corrected chi connectivity index (χ4v) is 3.04. The normalized spacial score (nSPS) is 17.0. The molecule has 1 unspecified atom stereocenters. The van der Waals surface area contributed by atoms with Gasteiger partial charge in [0.05, 0.1) is 11.5 Å². The summed E-state index contributed by atoms with van der Waals surface area (Å²) in [7, 11) is 0. The number of halogens is 1. The predicted octanol–water partition coefficient (Wildman–Crippen LogP) is 3.03. The highest BCUT2D eigenvalue weighted by Gasteiger charge is 2.27. The van der Waals surface area contributed by atoms with Gasteiger partial charge in [0.25, 0.3) is 11.6 Å². The molecule has 1 aromatic carbocycles. The third kappa shape index (κ3) is 4.08. The van der Waals surface area contributed by atoms with Crippen molar-refractivity contribution in [3.63, 3.8) is 0 Å². The Kier molecular flexibility index (Phi) is 5.32. The van der Waals surface area contributed by atoms with Crippen LogP contribution >= 0.6 is 11.6 Å². The molecule has 1 saturated heterocycles. The Morgan fingerprint density at radius 1 is 1.42 bits per heavy atom. The smallest absolute Gasteiger partial charge is 0.288 e. The molecular formula is C17H17ClN4O4. The molecule has 1 amide bonds. The fourth-order valence-electron chi connectivity index (χ4n) is 2.86. The molecule has 0 radical (unpaired) electrons. The number of likely N-dealkylation sites (tertiary alicyclic amines) is 1. The van der Waals surface area contributed by atoms with Crippen LogP contribution in [-0.4, -0.2) is 44.9 Å². The fraction of sp³-hybridized carbons (Fsp3) is 0.353. The molecule has 0 N–H and O–H groups in total. The van der Waals surface area contributed by atoms with Crippen LogP contribution in [0.15, 0.2) is 30.5 Å². The molecule has 2 heterocycles. The van der Waals surface area contributed by atoms with Crippen molar-refractivity contribution in [2.24, 2.45) is 0 Å². The lowest BCUT2D eigenvalue weighted by molar-refractivity contribution is -0.384. The van der Waals surface area contributed by atoms with Crippen LogP contribution in [0.25, 0.3) is 0 Å². The molecule has 1 aliphatic rings. The Balaban J connectivity index is 1.72. The number of aryl methyl sites for hydroxylation is 1. The van der Waals surface area contributed by atoms with E-state index in [1.165, 1.54) is 18.2 Å². The molecule has 0 spiro atoms. The van der Waals surface area contributed by atoms with Crippen LogP contribution in [0.5, 0.6) is 5.88 Å². The van der Waals surface area contributed by atoms with Gasteiger partial charge in [0.1, 0.15) is 17.0 Å². The number of aromatic nitrogens is 2. The van der Waals surface area contributed by atoms with E-state index in [2.05, 4.69) is 9.97 Å². The Bertz CT molecular complexity index is 845. The highest BCUT2D eigenvalue weighted by Crippen LogP contribution is 2.26. The standard InChI is InChI=1S/C17H17ClN4O4/c1-11-19-7-6-16(20-11)26-13-3-2-8-21(10-13)17(23)12-4-5-14(18)15(9-12)22(24)25/h4-7,9,13H,2-3,8,10H2,1H3. The Morgan fingerprint density at radius 3 is 2.96 bits per heavy atom. The molecule has 0 aliphatic carbocycles. The third-order valence-corrected chi connectivity index (χ3v) is 4.41. The molecular weight excluding hydrogens is 360 g/mol. The summed E-state index contributed by atoms with van der Waals surface area (Å²) in [6.45, 7) is 2.73. The average molecular weight is 377 g/mol. The second-order valence-corrected chi connectivity index (χ2v) is 6.41. The maximum absolute atomic E-state index is 12.7. The van der Waals surface area contributed by atoms with Crippen molar-refractivity contribution in [1.29, 1.82) is 0 Å². The maximum atomic E-state index is 12.7. The second kappa shape index (κ2) is 7.65. The molecule has 9 heteroatoms. The van der Waals surface area contributed by atoms with E-state index in [1.54, 1.807) is 24.1 Å². The van der Waals surface area contributed by atoms with Gasteiger partial charge >= 0.3 is 0 Å². The lowest BCUT2D eigenvalue weighted by Gasteiger charge is -2.32. The zero-order valence-corrected chi connectivity index (χ0v) is 14.8. The number of rotatable bonds is 4. The zero-order chi connectivity index (χ0) is 18.7. The number of carbonyl (C=O) groups is 1. The number of piperidine rings is 1. The van der Waals surface area contributed by atoms with Crippen LogP contribution in [-0.2, 0) is 0 Å². The number of benzene rings is 1. The molecule has 8 nitrogen and oxygen atoms in total. The summed E-state index contributed by atoms with van der Waals surface area (Å²) in [6.07, 6.45) is 3.00. The van der Waals surface area contributed by atoms with Gasteiger partial charge in [-0.2, -0.15) is 4.98 Å². The molecule has 1 aromatic heterocycles. The molecule has 1 aliphatic heterocycles. The Labute approximate surface area is 154 Å². The van der Waals surface area contributed by atoms with Crippen LogP contribution in [0.1, 0.15) is 29.0 Å². The van der Waals surface area contributed by atoms with Crippen molar-refractivity contribution >= 4 is 23.2 Å². The predicted molar refractivity (Wildman–Crippen MR) is 94.4 cm³/mol. The molecule has 0 saturated carbocycles. The van der Waals surface area contributed by atoms with Crippen LogP contribution in [0.2, 0.25) is 5.02 Å². The van der Waals surface area contributed by atoms with E-state index in [0.717, 1.165) is 12.8 Å². The quantitative estimate of drug-likeness (QED) is 0.600. The molecule has 0 bridgehead atoms. The highest BCUT2D eigenvalue weighted by atomic mass is 35.5. The first-order valence-corrected chi connectivity index (χ1v) is 8.51. The van der Waals surface area contributed by atoms with Crippen LogP contribution in [0.3, 0.4) is 0 Å². The lowest BCUT2D eigenvalue weighted by Crippen LogP contribution is -2.44. The summed E-state index contributed by atoms with van der Waals surface area (Å²) < 4.78 is 5.86. The number of ether oxygens (including phenoxy) is 1. The van der Waals surface area contributed by atoms with E-state index in [-0.39, 0.29) is 28.3 Å². The van der Waals surface area contributed by atoms with Crippen LogP contribution in [0, 0.1) is 17.0 Å². The first-order valence-electron chi connectivity index (χ1n) is 8.13. The zero-order valence-electron chi connectivity index (χ0n) is 14.1. The van der Waals surface area contributed by atoms with Gasteiger partial charge in [-0.3, -0.25) is 14.9 Å².